The average molecular weight is 725 g/mol. The average Bonchev–Trinajstić information content (AvgIpc) is 3.85. The van der Waals surface area contributed by atoms with Crippen LogP contribution in [0.2, 0.25) is 0 Å². The Morgan fingerprint density at radius 2 is 1.18 bits per heavy atom. The Bertz CT molecular complexity index is 2040. The monoisotopic (exact) mass is 724 g/mol. The minimum Gasteiger partial charge on any atom is -0.478 e. The van der Waals surface area contributed by atoms with E-state index in [0.717, 1.165) is 62.7 Å². The molecule has 2 aromatic carbocycles. The smallest absolute Gasteiger partial charge is 0.336 e. The topological polar surface area (TPSA) is 102 Å². The van der Waals surface area contributed by atoms with E-state index in [9.17, 15) is 14.7 Å². The molecule has 9 nitrogen and oxygen atoms in total. The summed E-state index contributed by atoms with van der Waals surface area (Å²) in [6.45, 7) is 7.70. The number of aromatic carboxylic acids is 1. The van der Waals surface area contributed by atoms with Crippen LogP contribution in [0.15, 0.2) is 83.6 Å². The van der Waals surface area contributed by atoms with E-state index in [0.29, 0.717) is 28.7 Å². The molecule has 0 bridgehead atoms. The van der Waals surface area contributed by atoms with Crippen molar-refractivity contribution in [2.45, 2.75) is 13.8 Å². The normalized spacial score (nSPS) is 10.9. The van der Waals surface area contributed by atoms with Crippen molar-refractivity contribution >= 4 is 56.4 Å². The largest absolute Gasteiger partial charge is 0.478 e. The summed E-state index contributed by atoms with van der Waals surface area (Å²) < 4.78 is 0. The number of pyridine rings is 2. The first kappa shape index (κ1) is 39.3. The van der Waals surface area contributed by atoms with E-state index in [1.54, 1.807) is 33.6 Å². The van der Waals surface area contributed by atoms with Crippen molar-refractivity contribution < 1.29 is 14.7 Å². The Labute approximate surface area is 309 Å². The fourth-order valence-electron chi connectivity index (χ4n) is 5.13. The molecule has 11 heteroatoms. The molecule has 0 unspecified atom stereocenters. The molecule has 0 aliphatic heterocycles. The Morgan fingerprint density at radius 3 is 1.59 bits per heavy atom. The number of carbonyl (C=O) groups excluding carboxylic acids is 1. The van der Waals surface area contributed by atoms with E-state index in [2.05, 4.69) is 34.2 Å². The second-order valence-electron chi connectivity index (χ2n) is 12.8. The first-order valence-corrected chi connectivity index (χ1v) is 18.5. The Morgan fingerprint density at radius 1 is 0.686 bits per heavy atom. The van der Waals surface area contributed by atoms with Gasteiger partial charge in [-0.15, -0.1) is 22.7 Å². The molecule has 1 amide bonds. The number of aromatic nitrogens is 2. The SMILES string of the molecule is CNCCN(C)C.Cc1ccc2nc(-c3cccs3)cc(C(=O)N(C)CCN(C)C)c2c1.Cc1ccc2nc(-c3cccs3)cc(C(=O)O)c2c1. The molecule has 0 radical (unpaired) electrons. The van der Waals surface area contributed by atoms with E-state index in [1.165, 1.54) is 0 Å². The zero-order valence-electron chi connectivity index (χ0n) is 30.7. The molecule has 0 fully saturated rings. The number of nitrogens with one attached hydrogen (secondary N) is 1. The predicted molar refractivity (Wildman–Crippen MR) is 215 cm³/mol. The molecule has 0 atom stereocenters. The van der Waals surface area contributed by atoms with Crippen LogP contribution in [-0.4, -0.2) is 110 Å². The van der Waals surface area contributed by atoms with Gasteiger partial charge in [0.05, 0.1) is 43.3 Å². The van der Waals surface area contributed by atoms with Gasteiger partial charge in [0, 0.05) is 44.0 Å². The maximum atomic E-state index is 13.1. The molecule has 6 rings (SSSR count). The fourth-order valence-corrected chi connectivity index (χ4v) is 6.50. The zero-order chi connectivity index (χ0) is 37.1. The third kappa shape index (κ3) is 11.0. The highest BCUT2D eigenvalue weighted by Gasteiger charge is 2.18. The second-order valence-corrected chi connectivity index (χ2v) is 14.7. The minimum atomic E-state index is -0.921. The molecular weight excluding hydrogens is 677 g/mol. The van der Waals surface area contributed by atoms with Crippen molar-refractivity contribution in [2.75, 3.05) is 68.5 Å². The number of hydrogen-bond donors (Lipinski definition) is 2. The highest BCUT2D eigenvalue weighted by molar-refractivity contribution is 7.13. The van der Waals surface area contributed by atoms with Gasteiger partial charge in [-0.3, -0.25) is 4.79 Å². The summed E-state index contributed by atoms with van der Waals surface area (Å²) in [7, 11) is 12.0. The number of rotatable bonds is 10. The summed E-state index contributed by atoms with van der Waals surface area (Å²) in [5.41, 5.74) is 6.33. The molecule has 0 saturated carbocycles. The van der Waals surface area contributed by atoms with Gasteiger partial charge in [0.15, 0.2) is 0 Å². The number of carboxylic acid groups (broad SMARTS) is 1. The van der Waals surface area contributed by atoms with Crippen LogP contribution in [0.25, 0.3) is 42.9 Å². The first-order valence-electron chi connectivity index (χ1n) is 16.7. The number of aryl methyl sites for hydroxylation is 2. The van der Waals surface area contributed by atoms with Crippen molar-refractivity contribution in [1.29, 1.82) is 0 Å². The summed E-state index contributed by atoms with van der Waals surface area (Å²) >= 11 is 3.19. The van der Waals surface area contributed by atoms with Crippen LogP contribution in [0.1, 0.15) is 31.8 Å². The molecule has 0 saturated heterocycles. The number of carbonyl (C=O) groups is 2. The van der Waals surface area contributed by atoms with E-state index >= 15 is 0 Å². The zero-order valence-corrected chi connectivity index (χ0v) is 32.4. The Kier molecular flexibility index (Phi) is 14.4. The van der Waals surface area contributed by atoms with Gasteiger partial charge in [0.25, 0.3) is 5.91 Å². The summed E-state index contributed by atoms with van der Waals surface area (Å²) in [6.07, 6.45) is 0. The van der Waals surface area contributed by atoms with Gasteiger partial charge >= 0.3 is 5.97 Å². The number of nitrogens with zero attached hydrogens (tertiary/aromatic N) is 5. The number of likely N-dealkylation sites (N-methyl/N-ethyl adjacent to an activating group) is 4. The molecule has 268 valence electrons. The number of hydrogen-bond acceptors (Lipinski definition) is 9. The fraction of sp³-hybridized carbons (Fsp3) is 0.300. The van der Waals surface area contributed by atoms with E-state index in [-0.39, 0.29) is 5.91 Å². The van der Waals surface area contributed by atoms with Gasteiger partial charge in [0.2, 0.25) is 0 Å². The van der Waals surface area contributed by atoms with Gasteiger partial charge in [-0.1, -0.05) is 35.4 Å². The lowest BCUT2D eigenvalue weighted by atomic mass is 10.0. The minimum absolute atomic E-state index is 0.0395. The van der Waals surface area contributed by atoms with Gasteiger partial charge in [-0.2, -0.15) is 0 Å². The van der Waals surface area contributed by atoms with Crippen molar-refractivity contribution in [3.8, 4) is 21.1 Å². The lowest BCUT2D eigenvalue weighted by Gasteiger charge is -2.21. The number of amides is 1. The van der Waals surface area contributed by atoms with Gasteiger partial charge < -0.3 is 25.1 Å². The number of benzene rings is 2. The van der Waals surface area contributed by atoms with Crippen LogP contribution in [0, 0.1) is 13.8 Å². The summed E-state index contributed by atoms with van der Waals surface area (Å²) in [5, 5.41) is 18.0. The van der Waals surface area contributed by atoms with E-state index in [4.69, 9.17) is 4.98 Å². The molecule has 4 heterocycles. The van der Waals surface area contributed by atoms with Crippen LogP contribution in [0.3, 0.4) is 0 Å². The number of thiophene rings is 2. The van der Waals surface area contributed by atoms with Gasteiger partial charge in [-0.25, -0.2) is 14.8 Å². The molecule has 51 heavy (non-hydrogen) atoms. The molecule has 2 N–H and O–H groups in total. The van der Waals surface area contributed by atoms with Gasteiger partial charge in [-0.05, 0) is 108 Å². The highest BCUT2D eigenvalue weighted by Crippen LogP contribution is 2.30. The van der Waals surface area contributed by atoms with E-state index < -0.39 is 5.97 Å². The van der Waals surface area contributed by atoms with Crippen molar-refractivity contribution in [3.05, 3.63) is 106 Å². The quantitative estimate of drug-likeness (QED) is 0.149. The molecule has 4 aromatic heterocycles. The summed E-state index contributed by atoms with van der Waals surface area (Å²) in [5.74, 6) is -0.881. The van der Waals surface area contributed by atoms with Crippen LogP contribution >= 0.6 is 22.7 Å². The number of carboxylic acids is 1. The predicted octanol–water partition coefficient (Wildman–Crippen LogP) is 7.64. The van der Waals surface area contributed by atoms with Crippen LogP contribution in [-0.2, 0) is 0 Å². The van der Waals surface area contributed by atoms with Crippen molar-refractivity contribution in [2.24, 2.45) is 0 Å². The summed E-state index contributed by atoms with van der Waals surface area (Å²) in [6, 6.07) is 23.3. The molecule has 0 aliphatic carbocycles. The lowest BCUT2D eigenvalue weighted by molar-refractivity contribution is 0.0698. The second kappa shape index (κ2) is 18.6. The first-order chi connectivity index (χ1) is 24.4. The lowest BCUT2D eigenvalue weighted by Crippen LogP contribution is -2.33. The maximum Gasteiger partial charge on any atom is 0.336 e. The standard InChI is InChI=1S/C20H23N3OS.C15H11NO2S.C5H14N2/c1-14-7-8-17-15(12-14)16(20(24)23(4)10-9-22(2)3)13-18(21-17)19-6-5-11-25-19;1-9-4-5-12-10(7-9)11(15(17)18)8-13(16-12)14-3-2-6-19-14;1-6-4-5-7(2)3/h5-8,11-13H,9-10H2,1-4H3;2-8H,1H3,(H,17,18);6H,4-5H2,1-3H3. The molecule has 0 spiro atoms. The molecular formula is C40H48N6O3S2. The van der Waals surface area contributed by atoms with Crippen LogP contribution < -0.4 is 5.32 Å². The van der Waals surface area contributed by atoms with Crippen LogP contribution in [0.4, 0.5) is 0 Å². The van der Waals surface area contributed by atoms with E-state index in [1.807, 2.05) is 120 Å². The highest BCUT2D eigenvalue weighted by atomic mass is 32.1. The van der Waals surface area contributed by atoms with Crippen LogP contribution in [0.5, 0.6) is 0 Å². The number of fused-ring (bicyclic) bond motifs is 2. The van der Waals surface area contributed by atoms with Gasteiger partial charge in [0.1, 0.15) is 0 Å². The third-order valence-corrected chi connectivity index (χ3v) is 9.76. The molecule has 6 aromatic rings. The Hall–Kier alpha value is -4.52. The Balaban J connectivity index is 0.000000198. The van der Waals surface area contributed by atoms with Crippen molar-refractivity contribution in [3.63, 3.8) is 0 Å². The third-order valence-electron chi connectivity index (χ3n) is 7.97. The molecule has 0 aliphatic rings. The van der Waals surface area contributed by atoms with Crippen molar-refractivity contribution in [1.82, 2.24) is 30.0 Å². The maximum absolute atomic E-state index is 13.1. The summed E-state index contributed by atoms with van der Waals surface area (Å²) in [4.78, 5) is 41.9.